The molecule has 5 N–H and O–H groups in total. The van der Waals surface area contributed by atoms with Gasteiger partial charge in [-0.3, -0.25) is 0 Å². The fourth-order valence-electron chi connectivity index (χ4n) is 1.87. The topological polar surface area (TPSA) is 168 Å². The minimum absolute atomic E-state index is 0.0300. The maximum absolute atomic E-state index is 12.5. The lowest BCUT2D eigenvalue weighted by Gasteiger charge is -2.12. The van der Waals surface area contributed by atoms with Crippen LogP contribution in [-0.2, 0) is 15.5 Å². The number of pyridine rings is 1. The predicted octanol–water partition coefficient (Wildman–Crippen LogP) is 1.70. The van der Waals surface area contributed by atoms with Crippen LogP contribution in [0.1, 0.15) is 34.9 Å². The number of aliphatic hydroxyl groups is 1. The van der Waals surface area contributed by atoms with E-state index in [0.29, 0.717) is 0 Å². The van der Waals surface area contributed by atoms with Crippen LogP contribution in [0.15, 0.2) is 27.0 Å². The number of carboxylic acid groups (broad SMARTS) is 1. The standard InChI is InChI=1S/C14H17N5O5S2/c1-7-8(4-5-16-10(7)11(20)21)18-13(22)19-26(15,24)9-6-17-12(25-9)14(2,3)23/h4-6,23H,1-3H3,(H,20,21)(H3,15,16,18,19,22,24). The van der Waals surface area contributed by atoms with E-state index in [2.05, 4.69) is 19.6 Å². The lowest BCUT2D eigenvalue weighted by atomic mass is 10.2. The van der Waals surface area contributed by atoms with E-state index in [0.717, 1.165) is 11.3 Å². The highest BCUT2D eigenvalue weighted by atomic mass is 32.2. The molecule has 1 unspecified atom stereocenters. The minimum atomic E-state index is -3.58. The molecule has 0 aliphatic rings. The molecule has 26 heavy (non-hydrogen) atoms. The molecular weight excluding hydrogens is 382 g/mol. The molecule has 0 fully saturated rings. The first kappa shape index (κ1) is 19.9. The van der Waals surface area contributed by atoms with Crippen molar-refractivity contribution in [2.75, 3.05) is 5.32 Å². The van der Waals surface area contributed by atoms with Crippen molar-refractivity contribution in [1.29, 1.82) is 0 Å². The number of thiazole rings is 1. The Balaban J connectivity index is 2.30. The summed E-state index contributed by atoms with van der Waals surface area (Å²) >= 11 is 0.882. The second-order valence-corrected chi connectivity index (χ2v) is 8.82. The van der Waals surface area contributed by atoms with Crippen molar-refractivity contribution in [1.82, 2.24) is 9.97 Å². The second kappa shape index (κ2) is 7.07. The molecule has 0 saturated heterocycles. The Bertz CT molecular complexity index is 986. The Morgan fingerprint density at radius 1 is 1.38 bits per heavy atom. The van der Waals surface area contributed by atoms with Crippen LogP contribution in [0.5, 0.6) is 0 Å². The first-order valence-electron chi connectivity index (χ1n) is 7.15. The maximum Gasteiger partial charge on any atom is 0.354 e. The molecule has 2 rings (SSSR count). The number of nitrogens with one attached hydrogen (secondary N) is 1. The molecule has 12 heteroatoms. The first-order valence-corrected chi connectivity index (χ1v) is 9.55. The van der Waals surface area contributed by atoms with Gasteiger partial charge in [0.2, 0.25) is 0 Å². The summed E-state index contributed by atoms with van der Waals surface area (Å²) in [5.74, 6) is -1.25. The lowest BCUT2D eigenvalue weighted by molar-refractivity contribution is 0.0689. The van der Waals surface area contributed by atoms with Crippen LogP contribution in [0.25, 0.3) is 0 Å². The highest BCUT2D eigenvalue weighted by Crippen LogP contribution is 2.27. The van der Waals surface area contributed by atoms with Gasteiger partial charge in [-0.2, -0.15) is 0 Å². The number of nitrogens with two attached hydrogens (primary N) is 1. The SMILES string of the molecule is Cc1c(NC(=O)N=S(N)(=O)c2cnc(C(C)(C)O)s2)ccnc1C(=O)O. The van der Waals surface area contributed by atoms with E-state index in [1.54, 1.807) is 0 Å². The molecule has 0 bridgehead atoms. The van der Waals surface area contributed by atoms with Crippen LogP contribution in [-0.4, -0.2) is 36.4 Å². The summed E-state index contributed by atoms with van der Waals surface area (Å²) in [5.41, 5.74) is -1.10. The minimum Gasteiger partial charge on any atom is -0.477 e. The fourth-order valence-corrected chi connectivity index (χ4v) is 3.93. The van der Waals surface area contributed by atoms with Crippen LogP contribution in [0, 0.1) is 6.92 Å². The average Bonchev–Trinajstić information content (AvgIpc) is 2.99. The molecule has 2 aromatic rings. The van der Waals surface area contributed by atoms with E-state index in [4.69, 9.17) is 10.2 Å². The first-order chi connectivity index (χ1) is 11.9. The number of anilines is 1. The zero-order valence-electron chi connectivity index (χ0n) is 14.1. The summed E-state index contributed by atoms with van der Waals surface area (Å²) in [5, 5.41) is 27.2. The number of hydrogen-bond acceptors (Lipinski definition) is 7. The van der Waals surface area contributed by atoms with Crippen molar-refractivity contribution >= 4 is 38.9 Å². The van der Waals surface area contributed by atoms with E-state index in [-0.39, 0.29) is 26.2 Å². The van der Waals surface area contributed by atoms with Crippen molar-refractivity contribution in [3.8, 4) is 0 Å². The normalized spacial score (nSPS) is 13.7. The number of carbonyl (C=O) groups is 2. The van der Waals surface area contributed by atoms with Gasteiger partial charge in [0.1, 0.15) is 14.8 Å². The molecule has 0 spiro atoms. The van der Waals surface area contributed by atoms with Crippen LogP contribution in [0.2, 0.25) is 0 Å². The summed E-state index contributed by atoms with van der Waals surface area (Å²) in [6.07, 6.45) is 2.40. The molecule has 10 nitrogen and oxygen atoms in total. The van der Waals surface area contributed by atoms with Crippen molar-refractivity contribution in [3.05, 3.63) is 34.7 Å². The molecule has 0 aliphatic heterocycles. The quantitative estimate of drug-likeness (QED) is 0.606. The molecule has 0 aliphatic carbocycles. The monoisotopic (exact) mass is 399 g/mol. The van der Waals surface area contributed by atoms with Crippen molar-refractivity contribution < 1.29 is 24.0 Å². The van der Waals surface area contributed by atoms with Crippen LogP contribution < -0.4 is 10.5 Å². The van der Waals surface area contributed by atoms with E-state index >= 15 is 0 Å². The molecule has 1 atom stereocenters. The van der Waals surface area contributed by atoms with Gasteiger partial charge >= 0.3 is 12.0 Å². The van der Waals surface area contributed by atoms with Crippen LogP contribution in [0.3, 0.4) is 0 Å². The largest absolute Gasteiger partial charge is 0.477 e. The fraction of sp³-hybridized carbons (Fsp3) is 0.286. The third kappa shape index (κ3) is 4.40. The number of hydrogen-bond donors (Lipinski definition) is 4. The smallest absolute Gasteiger partial charge is 0.354 e. The number of rotatable bonds is 4. The Hall–Kier alpha value is -2.41. The molecule has 2 amide bonds. The summed E-state index contributed by atoms with van der Waals surface area (Å²) in [6.45, 7) is 4.47. The molecule has 0 aromatic carbocycles. The van der Waals surface area contributed by atoms with Gasteiger partial charge in [0, 0.05) is 17.4 Å². The lowest BCUT2D eigenvalue weighted by Crippen LogP contribution is -2.18. The van der Waals surface area contributed by atoms with Gasteiger partial charge in [0.25, 0.3) is 0 Å². The maximum atomic E-state index is 12.5. The number of aromatic nitrogens is 2. The van der Waals surface area contributed by atoms with Crippen LogP contribution >= 0.6 is 11.3 Å². The molecule has 0 radical (unpaired) electrons. The number of carboxylic acids is 1. The number of carbonyl (C=O) groups excluding carboxylic acids is 1. The van der Waals surface area contributed by atoms with Gasteiger partial charge in [-0.15, -0.1) is 15.7 Å². The third-order valence-electron chi connectivity index (χ3n) is 3.16. The van der Waals surface area contributed by atoms with Gasteiger partial charge in [-0.25, -0.2) is 28.9 Å². The summed E-state index contributed by atoms with van der Waals surface area (Å²) in [4.78, 5) is 30.8. The molecule has 140 valence electrons. The van der Waals surface area contributed by atoms with E-state index in [9.17, 15) is 18.9 Å². The molecular formula is C14H17N5O5S2. The average molecular weight is 399 g/mol. The predicted molar refractivity (Wildman–Crippen MR) is 95.3 cm³/mol. The highest BCUT2D eigenvalue weighted by molar-refractivity contribution is 7.93. The molecule has 0 saturated carbocycles. The van der Waals surface area contributed by atoms with Crippen molar-refractivity contribution in [2.45, 2.75) is 30.6 Å². The number of aromatic carboxylic acids is 1. The Morgan fingerprint density at radius 2 is 2.04 bits per heavy atom. The van der Waals surface area contributed by atoms with E-state index in [1.165, 1.54) is 39.2 Å². The van der Waals surface area contributed by atoms with Gasteiger partial charge in [0.05, 0.1) is 6.20 Å². The van der Waals surface area contributed by atoms with Crippen LogP contribution in [0.4, 0.5) is 10.5 Å². The van der Waals surface area contributed by atoms with Crippen molar-refractivity contribution in [3.63, 3.8) is 0 Å². The van der Waals surface area contributed by atoms with Gasteiger partial charge < -0.3 is 15.5 Å². The third-order valence-corrected chi connectivity index (χ3v) is 6.35. The zero-order chi connectivity index (χ0) is 19.7. The van der Waals surface area contributed by atoms with E-state index < -0.39 is 27.5 Å². The highest BCUT2D eigenvalue weighted by Gasteiger charge is 2.23. The summed E-state index contributed by atoms with van der Waals surface area (Å²) in [7, 11) is -3.58. The van der Waals surface area contributed by atoms with Crippen molar-refractivity contribution in [2.24, 2.45) is 9.50 Å². The van der Waals surface area contributed by atoms with Gasteiger partial charge in [-0.05, 0) is 26.8 Å². The number of urea groups is 1. The van der Waals surface area contributed by atoms with Gasteiger partial charge in [-0.1, -0.05) is 0 Å². The Kier molecular flexibility index (Phi) is 5.41. The molecule has 2 heterocycles. The summed E-state index contributed by atoms with van der Waals surface area (Å²) in [6, 6.07) is 0.369. The van der Waals surface area contributed by atoms with Gasteiger partial charge in [0.15, 0.2) is 15.6 Å². The second-order valence-electron chi connectivity index (χ2n) is 5.77. The Morgan fingerprint density at radius 3 is 2.58 bits per heavy atom. The summed E-state index contributed by atoms with van der Waals surface area (Å²) < 4.78 is 16.0. The zero-order valence-corrected chi connectivity index (χ0v) is 15.7. The Labute approximate surface area is 153 Å². The van der Waals surface area contributed by atoms with E-state index in [1.807, 2.05) is 0 Å². The number of amides is 2. The molecule has 2 aromatic heterocycles. The number of nitrogens with zero attached hydrogens (tertiary/aromatic N) is 3.